The zero-order chi connectivity index (χ0) is 20.0. The minimum absolute atomic E-state index is 0.0725. The Bertz CT molecular complexity index is 873. The number of hydrazone groups is 1. The van der Waals surface area contributed by atoms with Gasteiger partial charge < -0.3 is 0 Å². The van der Waals surface area contributed by atoms with Crippen molar-refractivity contribution in [3.05, 3.63) is 67.5 Å². The Morgan fingerprint density at radius 3 is 2.59 bits per heavy atom. The van der Waals surface area contributed by atoms with E-state index in [1.807, 2.05) is 25.1 Å². The molecule has 1 unspecified atom stereocenters. The van der Waals surface area contributed by atoms with Crippen molar-refractivity contribution in [2.45, 2.75) is 26.7 Å². The summed E-state index contributed by atoms with van der Waals surface area (Å²) in [4.78, 5) is 24.9. The molecule has 0 aliphatic heterocycles. The van der Waals surface area contributed by atoms with E-state index in [9.17, 15) is 20.2 Å². The summed E-state index contributed by atoms with van der Waals surface area (Å²) in [6.07, 6.45) is 3.18. The van der Waals surface area contributed by atoms with E-state index < -0.39 is 21.2 Å². The number of anilines is 1. The number of aromatic nitrogens is 1. The van der Waals surface area contributed by atoms with Crippen molar-refractivity contribution in [3.63, 3.8) is 0 Å². The Labute approximate surface area is 160 Å². The molecule has 0 aliphatic rings. The average molecular weight is 392 g/mol. The molecule has 2 rings (SSSR count). The van der Waals surface area contributed by atoms with Crippen LogP contribution in [0.25, 0.3) is 0 Å². The minimum atomic E-state index is -0.739. The maximum Gasteiger partial charge on any atom is 0.302 e. The van der Waals surface area contributed by atoms with Crippen molar-refractivity contribution in [1.29, 1.82) is 0 Å². The zero-order valence-corrected chi connectivity index (χ0v) is 15.5. The lowest BCUT2D eigenvalue weighted by molar-refractivity contribution is -0.393. The molecule has 9 nitrogen and oxygen atoms in total. The molecule has 0 saturated carbocycles. The number of nitrogens with zero attached hydrogens (tertiary/aromatic N) is 4. The van der Waals surface area contributed by atoms with Gasteiger partial charge in [-0.3, -0.25) is 30.6 Å². The summed E-state index contributed by atoms with van der Waals surface area (Å²) in [6, 6.07) is 7.56. The van der Waals surface area contributed by atoms with Crippen LogP contribution in [0.2, 0.25) is 5.02 Å². The molecule has 0 fully saturated rings. The van der Waals surface area contributed by atoms with Gasteiger partial charge in [0.1, 0.15) is 0 Å². The number of hydrogen-bond donors (Lipinski definition) is 1. The Kier molecular flexibility index (Phi) is 6.78. The van der Waals surface area contributed by atoms with Crippen molar-refractivity contribution < 1.29 is 9.85 Å². The molecule has 1 heterocycles. The highest BCUT2D eigenvalue weighted by Gasteiger charge is 2.23. The lowest BCUT2D eigenvalue weighted by Crippen LogP contribution is -2.16. The first-order chi connectivity index (χ1) is 12.8. The van der Waals surface area contributed by atoms with Crippen LogP contribution in [0.3, 0.4) is 0 Å². The number of benzene rings is 1. The molecule has 0 radical (unpaired) electrons. The second-order valence-electron chi connectivity index (χ2n) is 5.83. The van der Waals surface area contributed by atoms with Gasteiger partial charge in [0, 0.05) is 29.6 Å². The third-order valence-electron chi connectivity index (χ3n) is 4.07. The number of hydrogen-bond acceptors (Lipinski definition) is 7. The highest BCUT2D eigenvalue weighted by Crippen LogP contribution is 2.36. The molecular weight excluding hydrogens is 374 g/mol. The van der Waals surface area contributed by atoms with Crippen LogP contribution >= 0.6 is 11.6 Å². The van der Waals surface area contributed by atoms with Crippen molar-refractivity contribution in [2.75, 3.05) is 5.43 Å². The molecule has 0 aliphatic carbocycles. The van der Waals surface area contributed by atoms with E-state index in [1.165, 1.54) is 0 Å². The van der Waals surface area contributed by atoms with E-state index in [1.54, 1.807) is 13.1 Å². The smallest absolute Gasteiger partial charge is 0.271 e. The highest BCUT2D eigenvalue weighted by molar-refractivity contribution is 6.34. The molecule has 10 heteroatoms. The second kappa shape index (κ2) is 9.04. The summed E-state index contributed by atoms with van der Waals surface area (Å²) in [5.41, 5.74) is 3.18. The summed E-state index contributed by atoms with van der Waals surface area (Å²) in [7, 11) is 0. The number of nitrogens with one attached hydrogen (secondary N) is 1. The van der Waals surface area contributed by atoms with E-state index in [-0.39, 0.29) is 16.6 Å². The third-order valence-corrected chi connectivity index (χ3v) is 4.37. The lowest BCUT2D eigenvalue weighted by atomic mass is 9.95. The molecule has 1 aromatic heterocycles. The zero-order valence-electron chi connectivity index (χ0n) is 14.8. The summed E-state index contributed by atoms with van der Waals surface area (Å²) in [5, 5.41) is 26.2. The predicted molar refractivity (Wildman–Crippen MR) is 103 cm³/mol. The molecule has 0 amide bonds. The third kappa shape index (κ3) is 5.20. The fraction of sp³-hybridized carbons (Fsp3) is 0.294. The molecule has 2 aromatic rings. The maximum atomic E-state index is 11.3. The van der Waals surface area contributed by atoms with E-state index in [2.05, 4.69) is 15.5 Å². The van der Waals surface area contributed by atoms with Gasteiger partial charge in [-0.05, 0) is 31.9 Å². The maximum absolute atomic E-state index is 11.3. The van der Waals surface area contributed by atoms with Crippen LogP contribution in [0, 0.1) is 26.1 Å². The molecule has 142 valence electrons. The van der Waals surface area contributed by atoms with Crippen molar-refractivity contribution in [3.8, 4) is 0 Å². The summed E-state index contributed by atoms with van der Waals surface area (Å²) >= 11 is 6.00. The topological polar surface area (TPSA) is 124 Å². The van der Waals surface area contributed by atoms with Crippen LogP contribution < -0.4 is 5.43 Å². The van der Waals surface area contributed by atoms with Crippen LogP contribution in [-0.2, 0) is 6.42 Å². The average Bonchev–Trinajstić information content (AvgIpc) is 2.64. The monoisotopic (exact) mass is 391 g/mol. The van der Waals surface area contributed by atoms with E-state index in [0.29, 0.717) is 12.1 Å². The Morgan fingerprint density at radius 2 is 2.04 bits per heavy atom. The van der Waals surface area contributed by atoms with Gasteiger partial charge in [-0.2, -0.15) is 5.10 Å². The number of halogens is 1. The Morgan fingerprint density at radius 1 is 1.30 bits per heavy atom. The van der Waals surface area contributed by atoms with Crippen LogP contribution in [0.5, 0.6) is 0 Å². The number of pyridine rings is 1. The quantitative estimate of drug-likeness (QED) is 0.398. The van der Waals surface area contributed by atoms with Crippen molar-refractivity contribution in [1.82, 2.24) is 4.98 Å². The molecule has 0 spiro atoms. The van der Waals surface area contributed by atoms with Crippen LogP contribution in [-0.4, -0.2) is 20.5 Å². The first-order valence-electron chi connectivity index (χ1n) is 8.15. The largest absolute Gasteiger partial charge is 0.302 e. The van der Waals surface area contributed by atoms with Crippen molar-refractivity contribution in [2.24, 2.45) is 11.0 Å². The molecule has 1 N–H and O–H groups in total. The lowest BCUT2D eigenvalue weighted by Gasteiger charge is -2.15. The van der Waals surface area contributed by atoms with Crippen LogP contribution in [0.4, 0.5) is 17.1 Å². The van der Waals surface area contributed by atoms with E-state index >= 15 is 0 Å². The number of nitro benzene ring substituents is 2. The second-order valence-corrected chi connectivity index (χ2v) is 6.24. The molecule has 1 atom stereocenters. The van der Waals surface area contributed by atoms with Crippen LogP contribution in [0.1, 0.15) is 26.0 Å². The van der Waals surface area contributed by atoms with Gasteiger partial charge in [0.15, 0.2) is 5.69 Å². The SMILES string of the molecule is CCC(Cc1ccccn1)/C(C)=N/Nc1c(Cl)cc([N+](=O)[O-])cc1[N+](=O)[O-]. The molecule has 0 bridgehead atoms. The van der Waals surface area contributed by atoms with Crippen molar-refractivity contribution >= 4 is 34.4 Å². The minimum Gasteiger partial charge on any atom is -0.271 e. The number of non-ortho nitro benzene ring substituents is 1. The predicted octanol–water partition coefficient (Wildman–Crippen LogP) is 4.61. The van der Waals surface area contributed by atoms with E-state index in [0.717, 1.165) is 24.2 Å². The van der Waals surface area contributed by atoms with Crippen LogP contribution in [0.15, 0.2) is 41.6 Å². The van der Waals surface area contributed by atoms with Gasteiger partial charge in [0.2, 0.25) is 0 Å². The first-order valence-corrected chi connectivity index (χ1v) is 8.53. The molecule has 1 aromatic carbocycles. The summed E-state index contributed by atoms with van der Waals surface area (Å²) < 4.78 is 0. The summed E-state index contributed by atoms with van der Waals surface area (Å²) in [5.74, 6) is 0.0725. The van der Waals surface area contributed by atoms with Gasteiger partial charge in [-0.1, -0.05) is 24.6 Å². The summed E-state index contributed by atoms with van der Waals surface area (Å²) in [6.45, 7) is 3.81. The van der Waals surface area contributed by atoms with E-state index in [4.69, 9.17) is 11.6 Å². The highest BCUT2D eigenvalue weighted by atomic mass is 35.5. The van der Waals surface area contributed by atoms with Gasteiger partial charge in [-0.15, -0.1) is 0 Å². The normalized spacial score (nSPS) is 12.5. The van der Waals surface area contributed by atoms with Gasteiger partial charge in [0.25, 0.3) is 5.69 Å². The number of rotatable bonds is 8. The molecule has 27 heavy (non-hydrogen) atoms. The van der Waals surface area contributed by atoms with Gasteiger partial charge >= 0.3 is 5.69 Å². The van der Waals surface area contributed by atoms with Gasteiger partial charge in [0.05, 0.1) is 20.9 Å². The number of nitro groups is 2. The molecular formula is C17H18ClN5O4. The standard InChI is InChI=1S/C17H18ClN5O4/c1-3-12(8-13-6-4-5-7-19-13)11(2)20-21-17-15(18)9-14(22(24)25)10-16(17)23(26)27/h4-7,9-10,12,21H,3,8H2,1-2H3/b20-11+. The van der Waals surface area contributed by atoms with Gasteiger partial charge in [-0.25, -0.2) is 0 Å². The Hall–Kier alpha value is -3.07. The molecule has 0 saturated heterocycles. The Balaban J connectivity index is 2.27. The first kappa shape index (κ1) is 20.2. The fourth-order valence-corrected chi connectivity index (χ4v) is 2.78. The fourth-order valence-electron chi connectivity index (χ4n) is 2.53.